The summed E-state index contributed by atoms with van der Waals surface area (Å²) in [5, 5.41) is 18.0. The highest BCUT2D eigenvalue weighted by molar-refractivity contribution is 6.30. The van der Waals surface area contributed by atoms with Crippen LogP contribution in [0.15, 0.2) is 47.5 Å². The number of ether oxygens (including phenoxy) is 1. The summed E-state index contributed by atoms with van der Waals surface area (Å²) in [6, 6.07) is 13.8. The van der Waals surface area contributed by atoms with Gasteiger partial charge in [-0.3, -0.25) is 9.39 Å². The van der Waals surface area contributed by atoms with Crippen LogP contribution < -0.4 is 0 Å². The second-order valence-corrected chi connectivity index (χ2v) is 9.00. The Hall–Kier alpha value is -3.72. The molecule has 0 bridgehead atoms. The maximum absolute atomic E-state index is 11.7. The first-order valence-electron chi connectivity index (χ1n) is 11.5. The van der Waals surface area contributed by atoms with E-state index in [0.29, 0.717) is 43.4 Å². The highest BCUT2D eigenvalue weighted by Crippen LogP contribution is 2.25. The van der Waals surface area contributed by atoms with Gasteiger partial charge in [-0.1, -0.05) is 23.7 Å². The van der Waals surface area contributed by atoms with Crippen molar-refractivity contribution in [3.05, 3.63) is 64.6 Å². The highest BCUT2D eigenvalue weighted by Gasteiger charge is 2.30. The van der Waals surface area contributed by atoms with E-state index in [0.717, 1.165) is 33.8 Å². The van der Waals surface area contributed by atoms with E-state index in [1.165, 1.54) is 0 Å². The summed E-state index contributed by atoms with van der Waals surface area (Å²) in [7, 11) is 0. The van der Waals surface area contributed by atoms with E-state index >= 15 is 0 Å². The number of fused-ring (bicyclic) bond motifs is 3. The lowest BCUT2D eigenvalue weighted by Crippen LogP contribution is -2.52. The van der Waals surface area contributed by atoms with Gasteiger partial charge in [-0.25, -0.2) is 4.79 Å². The zero-order chi connectivity index (χ0) is 24.5. The molecule has 0 aliphatic carbocycles. The van der Waals surface area contributed by atoms with Gasteiger partial charge in [-0.05, 0) is 49.7 Å². The number of carbonyl (C=O) groups is 1. The number of nitrogens with one attached hydrogen (secondary N) is 1. The molecule has 3 aromatic heterocycles. The zero-order valence-corrected chi connectivity index (χ0v) is 20.4. The van der Waals surface area contributed by atoms with Crippen LogP contribution in [0.3, 0.4) is 0 Å². The lowest BCUT2D eigenvalue weighted by Gasteiger charge is -2.35. The van der Waals surface area contributed by atoms with Crippen LogP contribution in [0, 0.1) is 12.3 Å². The number of likely N-dealkylation sites (tertiary alicyclic amines) is 1. The van der Waals surface area contributed by atoms with E-state index in [2.05, 4.69) is 19.8 Å². The monoisotopic (exact) mass is 491 g/mol. The maximum Gasteiger partial charge on any atom is 0.409 e. The van der Waals surface area contributed by atoms with Crippen molar-refractivity contribution < 1.29 is 9.53 Å². The third-order valence-electron chi connectivity index (χ3n) is 6.14. The van der Waals surface area contributed by atoms with Crippen molar-refractivity contribution >= 4 is 46.3 Å². The first-order chi connectivity index (χ1) is 16.9. The zero-order valence-electron chi connectivity index (χ0n) is 19.6. The van der Waals surface area contributed by atoms with Gasteiger partial charge in [0.25, 0.3) is 0 Å². The minimum atomic E-state index is -0.298. The molecule has 180 valence electrons. The number of aryl methyl sites for hydroxylation is 1. The molecule has 1 N–H and O–H groups in total. The van der Waals surface area contributed by atoms with Gasteiger partial charge in [0.15, 0.2) is 5.65 Å². The summed E-state index contributed by atoms with van der Waals surface area (Å²) < 4.78 is 9.14. The summed E-state index contributed by atoms with van der Waals surface area (Å²) in [5.74, 6) is 0.793. The van der Waals surface area contributed by atoms with Gasteiger partial charge in [0.2, 0.25) is 0 Å². The maximum atomic E-state index is 11.7. The Morgan fingerprint density at radius 2 is 2.06 bits per heavy atom. The summed E-state index contributed by atoms with van der Waals surface area (Å²) >= 11 is 6.23. The molecule has 1 aliphatic heterocycles. The third kappa shape index (κ3) is 4.51. The number of halogens is 1. The minimum absolute atomic E-state index is 0.0452. The van der Waals surface area contributed by atoms with Crippen molar-refractivity contribution in [1.82, 2.24) is 24.1 Å². The Kier molecular flexibility index (Phi) is 6.25. The Morgan fingerprint density at radius 3 is 2.83 bits per heavy atom. The summed E-state index contributed by atoms with van der Waals surface area (Å²) in [4.78, 5) is 17.9. The van der Waals surface area contributed by atoms with Gasteiger partial charge < -0.3 is 19.6 Å². The fourth-order valence-electron chi connectivity index (χ4n) is 4.39. The standard InChI is InChI=1S/C25H26ClN7O2/c1-3-35-25(34)31-14-19(15-31)28-10-9-20(27)22-12-23-21(7-8-24-30-29-16(2)33(23)24)32(22)13-17-5-4-6-18(26)11-17/h4-8,10-12,19,27H,3,9,13-15H2,1-2H3. The normalized spacial score (nSPS) is 14.2. The third-order valence-corrected chi connectivity index (χ3v) is 6.37. The van der Waals surface area contributed by atoms with Crippen LogP contribution in [-0.4, -0.2) is 67.8 Å². The molecule has 1 fully saturated rings. The summed E-state index contributed by atoms with van der Waals surface area (Å²) in [5.41, 5.74) is 5.01. The van der Waals surface area contributed by atoms with Crippen LogP contribution in [0.1, 0.15) is 30.4 Å². The number of aliphatic imine (C=N–C) groups is 1. The van der Waals surface area contributed by atoms with Crippen molar-refractivity contribution in [3.8, 4) is 0 Å². The van der Waals surface area contributed by atoms with Crippen molar-refractivity contribution in [2.24, 2.45) is 4.99 Å². The van der Waals surface area contributed by atoms with Crippen molar-refractivity contribution in [2.75, 3.05) is 19.7 Å². The average molecular weight is 492 g/mol. The predicted octanol–water partition coefficient (Wildman–Crippen LogP) is 4.36. The van der Waals surface area contributed by atoms with Gasteiger partial charge in [0.05, 0.1) is 35.1 Å². The van der Waals surface area contributed by atoms with Crippen LogP contribution in [-0.2, 0) is 11.3 Å². The molecule has 1 aromatic carbocycles. The molecular formula is C25H26ClN7O2. The second-order valence-electron chi connectivity index (χ2n) is 8.56. The van der Waals surface area contributed by atoms with E-state index < -0.39 is 0 Å². The number of rotatable bonds is 7. The number of aromatic nitrogens is 4. The molecule has 5 rings (SSSR count). The molecular weight excluding hydrogens is 466 g/mol. The second kappa shape index (κ2) is 9.50. The number of amides is 1. The molecule has 4 aromatic rings. The van der Waals surface area contributed by atoms with Crippen molar-refractivity contribution in [3.63, 3.8) is 0 Å². The number of hydrogen-bond acceptors (Lipinski definition) is 6. The van der Waals surface area contributed by atoms with Crippen molar-refractivity contribution in [2.45, 2.75) is 32.9 Å². The van der Waals surface area contributed by atoms with Crippen LogP contribution in [0.4, 0.5) is 4.79 Å². The Labute approximate surface area is 207 Å². The first-order valence-corrected chi connectivity index (χ1v) is 11.9. The molecule has 0 radical (unpaired) electrons. The molecule has 0 unspecified atom stereocenters. The van der Waals surface area contributed by atoms with E-state index in [1.54, 1.807) is 18.0 Å². The smallest absolute Gasteiger partial charge is 0.409 e. The lowest BCUT2D eigenvalue weighted by atomic mass is 10.1. The molecule has 35 heavy (non-hydrogen) atoms. The number of hydrogen-bond donors (Lipinski definition) is 1. The fourth-order valence-corrected chi connectivity index (χ4v) is 4.60. The fraction of sp³-hybridized carbons (Fsp3) is 0.320. The number of carbonyl (C=O) groups excluding carboxylic acids is 1. The quantitative estimate of drug-likeness (QED) is 0.388. The first kappa shape index (κ1) is 23.0. The number of pyridine rings is 1. The summed E-state index contributed by atoms with van der Waals surface area (Å²) in [6.07, 6.45) is 1.86. The van der Waals surface area contributed by atoms with E-state index in [9.17, 15) is 4.79 Å². The molecule has 10 heteroatoms. The van der Waals surface area contributed by atoms with Gasteiger partial charge >= 0.3 is 6.09 Å². The summed E-state index contributed by atoms with van der Waals surface area (Å²) in [6.45, 7) is 5.74. The predicted molar refractivity (Wildman–Crippen MR) is 136 cm³/mol. The molecule has 1 aliphatic rings. The van der Waals surface area contributed by atoms with Crippen LogP contribution in [0.25, 0.3) is 16.7 Å². The molecule has 9 nitrogen and oxygen atoms in total. The van der Waals surface area contributed by atoms with Gasteiger partial charge in [-0.2, -0.15) is 0 Å². The van der Waals surface area contributed by atoms with Crippen LogP contribution in [0.2, 0.25) is 5.02 Å². The van der Waals surface area contributed by atoms with Crippen LogP contribution in [0.5, 0.6) is 0 Å². The lowest BCUT2D eigenvalue weighted by molar-refractivity contribution is 0.0767. The molecule has 1 saturated heterocycles. The molecule has 4 heterocycles. The number of benzene rings is 1. The minimum Gasteiger partial charge on any atom is -0.450 e. The van der Waals surface area contributed by atoms with Gasteiger partial charge in [-0.15, -0.1) is 10.2 Å². The van der Waals surface area contributed by atoms with E-state index in [-0.39, 0.29) is 12.1 Å². The van der Waals surface area contributed by atoms with Gasteiger partial charge in [0.1, 0.15) is 5.82 Å². The number of nitrogens with zero attached hydrogens (tertiary/aromatic N) is 6. The molecule has 1 amide bonds. The van der Waals surface area contributed by atoms with Crippen LogP contribution >= 0.6 is 11.6 Å². The van der Waals surface area contributed by atoms with Gasteiger partial charge in [0, 0.05) is 37.3 Å². The Bertz CT molecular complexity index is 1450. The molecule has 0 atom stereocenters. The Morgan fingerprint density at radius 1 is 1.23 bits per heavy atom. The van der Waals surface area contributed by atoms with E-state index in [1.807, 2.05) is 53.8 Å². The largest absolute Gasteiger partial charge is 0.450 e. The molecule has 0 spiro atoms. The van der Waals surface area contributed by atoms with E-state index in [4.69, 9.17) is 21.7 Å². The average Bonchev–Trinajstić information content (AvgIpc) is 3.36. The van der Waals surface area contributed by atoms with Crippen molar-refractivity contribution in [1.29, 1.82) is 5.41 Å². The topological polar surface area (TPSA) is 101 Å². The Balaban J connectivity index is 1.41. The highest BCUT2D eigenvalue weighted by atomic mass is 35.5. The SMILES string of the molecule is CCOC(=O)N1CC(N=CCC(=N)c2cc3c(ccc4nnc(C)n43)n2Cc2cccc(Cl)c2)C1. The molecule has 0 saturated carbocycles.